The molecule has 6 heteroatoms. The quantitative estimate of drug-likeness (QED) is 0.108. The number of rotatable bonds is 17. The maximum Gasteiger partial charge on any atom is 0.350 e. The molecule has 190 valence electrons. The zero-order valence-corrected chi connectivity index (χ0v) is 21.2. The first kappa shape index (κ1) is 29.2. The Morgan fingerprint density at radius 1 is 0.970 bits per heavy atom. The molecule has 1 aliphatic rings. The average molecular weight is 467 g/mol. The van der Waals surface area contributed by atoms with Gasteiger partial charge in [-0.25, -0.2) is 9.59 Å². The van der Waals surface area contributed by atoms with E-state index in [9.17, 15) is 14.4 Å². The first-order chi connectivity index (χ1) is 15.8. The third-order valence-corrected chi connectivity index (χ3v) is 6.30. The van der Waals surface area contributed by atoms with Gasteiger partial charge in [-0.15, -0.1) is 0 Å². The van der Waals surface area contributed by atoms with Gasteiger partial charge in [0.05, 0.1) is 19.1 Å². The van der Waals surface area contributed by atoms with Crippen LogP contribution < -0.4 is 0 Å². The first-order valence-corrected chi connectivity index (χ1v) is 13.0. The summed E-state index contributed by atoms with van der Waals surface area (Å²) in [4.78, 5) is 37.5. The van der Waals surface area contributed by atoms with Crippen LogP contribution in [0.3, 0.4) is 0 Å². The molecule has 0 aromatic carbocycles. The lowest BCUT2D eigenvalue weighted by atomic mass is 9.77. The molecule has 0 N–H and O–H groups in total. The summed E-state index contributed by atoms with van der Waals surface area (Å²) < 4.78 is 16.4. The van der Waals surface area contributed by atoms with E-state index >= 15 is 0 Å². The van der Waals surface area contributed by atoms with E-state index in [0.717, 1.165) is 31.8 Å². The molecule has 0 aliphatic heterocycles. The highest BCUT2D eigenvalue weighted by molar-refractivity contribution is 5.88. The highest BCUT2D eigenvalue weighted by atomic mass is 16.6. The average Bonchev–Trinajstić information content (AvgIpc) is 2.79. The highest BCUT2D eigenvalue weighted by Gasteiger charge is 2.49. The van der Waals surface area contributed by atoms with Gasteiger partial charge in [0.15, 0.2) is 0 Å². The van der Waals surface area contributed by atoms with Gasteiger partial charge in [0, 0.05) is 12.5 Å². The van der Waals surface area contributed by atoms with Crippen LogP contribution in [0.25, 0.3) is 0 Å². The lowest BCUT2D eigenvalue weighted by Crippen LogP contribution is -2.49. The second-order valence-corrected chi connectivity index (χ2v) is 9.73. The minimum Gasteiger partial charge on any atom is -0.465 e. The number of esters is 3. The highest BCUT2D eigenvalue weighted by Crippen LogP contribution is 2.37. The normalized spacial score (nSPS) is 20.3. The molecule has 1 fully saturated rings. The fourth-order valence-electron chi connectivity index (χ4n) is 4.21. The van der Waals surface area contributed by atoms with Crippen LogP contribution in [0.1, 0.15) is 111 Å². The van der Waals surface area contributed by atoms with Gasteiger partial charge in [-0.1, -0.05) is 78.7 Å². The van der Waals surface area contributed by atoms with Crippen LogP contribution in [-0.2, 0) is 28.6 Å². The zero-order chi connectivity index (χ0) is 24.5. The Kier molecular flexibility index (Phi) is 14.8. The van der Waals surface area contributed by atoms with Crippen LogP contribution in [0.4, 0.5) is 0 Å². The molecular weight excluding hydrogens is 420 g/mol. The van der Waals surface area contributed by atoms with Crippen molar-refractivity contribution < 1.29 is 28.6 Å². The van der Waals surface area contributed by atoms with Crippen LogP contribution in [0, 0.1) is 11.8 Å². The van der Waals surface area contributed by atoms with Crippen LogP contribution >= 0.6 is 0 Å². The number of ether oxygens (including phenoxy) is 3. The molecule has 1 rings (SSSR count). The minimum atomic E-state index is -1.44. The number of carbonyl (C=O) groups excluding carboxylic acids is 3. The molecule has 0 bridgehead atoms. The molecule has 2 unspecified atom stereocenters. The summed E-state index contributed by atoms with van der Waals surface area (Å²) in [5.74, 6) is -1.66. The van der Waals surface area contributed by atoms with Gasteiger partial charge >= 0.3 is 17.9 Å². The van der Waals surface area contributed by atoms with Crippen LogP contribution in [-0.4, -0.2) is 36.7 Å². The zero-order valence-electron chi connectivity index (χ0n) is 21.2. The van der Waals surface area contributed by atoms with Crippen molar-refractivity contribution in [2.75, 3.05) is 13.2 Å². The van der Waals surface area contributed by atoms with E-state index in [2.05, 4.69) is 13.5 Å². The minimum absolute atomic E-state index is 0.101. The van der Waals surface area contributed by atoms with E-state index < -0.39 is 23.5 Å². The smallest absolute Gasteiger partial charge is 0.350 e. The van der Waals surface area contributed by atoms with E-state index in [0.29, 0.717) is 31.8 Å². The van der Waals surface area contributed by atoms with Crippen LogP contribution in [0.2, 0.25) is 0 Å². The molecule has 0 saturated heterocycles. The Morgan fingerprint density at radius 2 is 1.61 bits per heavy atom. The number of hydrogen-bond acceptors (Lipinski definition) is 6. The SMILES string of the molecule is C=CC(=O)OC1(C(=O)OCCC(C)C)CCCC(C(=O)OCCCCCCCCCCC)C1. The van der Waals surface area contributed by atoms with Crippen molar-refractivity contribution in [1.82, 2.24) is 0 Å². The van der Waals surface area contributed by atoms with E-state index in [1.165, 1.54) is 38.5 Å². The molecule has 0 aromatic heterocycles. The Balaban J connectivity index is 2.48. The molecule has 0 radical (unpaired) electrons. The predicted octanol–water partition coefficient (Wildman–Crippen LogP) is 6.31. The number of carbonyl (C=O) groups is 3. The standard InChI is InChI=1S/C27H46O6/c1-5-7-8-9-10-11-12-13-14-19-31-25(29)23-16-15-18-27(21-23,33-24(28)6-2)26(30)32-20-17-22(3)4/h6,22-23H,2,5,7-21H2,1,3-4H3. The molecule has 6 nitrogen and oxygen atoms in total. The first-order valence-electron chi connectivity index (χ1n) is 13.0. The maximum absolute atomic E-state index is 12.9. The third-order valence-electron chi connectivity index (χ3n) is 6.30. The summed E-state index contributed by atoms with van der Waals surface area (Å²) in [5.41, 5.74) is -1.44. The Bertz CT molecular complexity index is 599. The van der Waals surface area contributed by atoms with Crippen molar-refractivity contribution in [2.45, 2.75) is 116 Å². The summed E-state index contributed by atoms with van der Waals surface area (Å²) in [6.45, 7) is 10.4. The number of hydrogen-bond donors (Lipinski definition) is 0. The summed E-state index contributed by atoms with van der Waals surface area (Å²) in [5, 5.41) is 0. The molecule has 0 heterocycles. The van der Waals surface area contributed by atoms with Gasteiger partial charge in [-0.3, -0.25) is 4.79 Å². The Labute approximate surface area is 200 Å². The van der Waals surface area contributed by atoms with Gasteiger partial charge in [0.25, 0.3) is 0 Å². The molecular formula is C27H46O6. The van der Waals surface area contributed by atoms with Gasteiger partial charge < -0.3 is 14.2 Å². The van der Waals surface area contributed by atoms with Gasteiger partial charge in [-0.2, -0.15) is 0 Å². The second-order valence-electron chi connectivity index (χ2n) is 9.73. The van der Waals surface area contributed by atoms with Gasteiger partial charge in [0.1, 0.15) is 0 Å². The fourth-order valence-corrected chi connectivity index (χ4v) is 4.21. The van der Waals surface area contributed by atoms with Crippen molar-refractivity contribution >= 4 is 17.9 Å². The largest absolute Gasteiger partial charge is 0.465 e. The third kappa shape index (κ3) is 11.7. The fraction of sp³-hybridized carbons (Fsp3) is 0.815. The van der Waals surface area contributed by atoms with Gasteiger partial charge in [0.2, 0.25) is 5.60 Å². The molecule has 0 amide bonds. The van der Waals surface area contributed by atoms with Crippen molar-refractivity contribution in [1.29, 1.82) is 0 Å². The summed E-state index contributed by atoms with van der Waals surface area (Å²) >= 11 is 0. The topological polar surface area (TPSA) is 78.9 Å². The van der Waals surface area contributed by atoms with Gasteiger partial charge in [-0.05, 0) is 38.0 Å². The van der Waals surface area contributed by atoms with E-state index in [1.807, 2.05) is 13.8 Å². The van der Waals surface area contributed by atoms with E-state index in [1.54, 1.807) is 0 Å². The predicted molar refractivity (Wildman–Crippen MR) is 130 cm³/mol. The van der Waals surface area contributed by atoms with E-state index in [-0.39, 0.29) is 19.0 Å². The monoisotopic (exact) mass is 466 g/mol. The summed E-state index contributed by atoms with van der Waals surface area (Å²) in [6.07, 6.45) is 14.2. The van der Waals surface area contributed by atoms with Crippen LogP contribution in [0.15, 0.2) is 12.7 Å². The van der Waals surface area contributed by atoms with Crippen molar-refractivity contribution in [3.63, 3.8) is 0 Å². The Morgan fingerprint density at radius 3 is 2.21 bits per heavy atom. The van der Waals surface area contributed by atoms with E-state index in [4.69, 9.17) is 14.2 Å². The van der Waals surface area contributed by atoms with Crippen molar-refractivity contribution in [3.05, 3.63) is 12.7 Å². The summed E-state index contributed by atoms with van der Waals surface area (Å²) in [7, 11) is 0. The number of unbranched alkanes of at least 4 members (excludes halogenated alkanes) is 8. The molecule has 1 saturated carbocycles. The van der Waals surface area contributed by atoms with Crippen LogP contribution in [0.5, 0.6) is 0 Å². The van der Waals surface area contributed by atoms with Crippen molar-refractivity contribution in [3.8, 4) is 0 Å². The second kappa shape index (κ2) is 16.7. The lowest BCUT2D eigenvalue weighted by Gasteiger charge is -2.37. The molecule has 1 aliphatic carbocycles. The molecule has 0 aromatic rings. The lowest BCUT2D eigenvalue weighted by molar-refractivity contribution is -0.188. The molecule has 0 spiro atoms. The Hall–Kier alpha value is -1.85. The molecule has 33 heavy (non-hydrogen) atoms. The maximum atomic E-state index is 12.9. The molecule has 2 atom stereocenters. The summed E-state index contributed by atoms with van der Waals surface area (Å²) in [6, 6.07) is 0. The van der Waals surface area contributed by atoms with Crippen molar-refractivity contribution in [2.24, 2.45) is 11.8 Å².